The molecule has 6 amide bonds. The molecule has 0 saturated heterocycles. The van der Waals surface area contributed by atoms with Gasteiger partial charge < -0.3 is 51.5 Å². The molecule has 0 unspecified atom stereocenters. The largest absolute Gasteiger partial charge is 0.508 e. The van der Waals surface area contributed by atoms with Gasteiger partial charge in [-0.05, 0) is 74.4 Å². The fourth-order valence-electron chi connectivity index (χ4n) is 8.11. The Labute approximate surface area is 375 Å². The lowest BCUT2D eigenvalue weighted by atomic mass is 9.79. The number of nitrogens with zero attached hydrogens (tertiary/aromatic N) is 2. The zero-order valence-corrected chi connectivity index (χ0v) is 37.6. The maximum Gasteiger partial charge on any atom is 0.326 e. The molecular formula is C47H66N6O11. The van der Waals surface area contributed by atoms with Crippen molar-refractivity contribution in [3.63, 3.8) is 0 Å². The number of benzene rings is 1. The number of carbonyl (C=O) groups excluding carboxylic acids is 6. The van der Waals surface area contributed by atoms with Crippen LogP contribution in [0.15, 0.2) is 71.0 Å². The van der Waals surface area contributed by atoms with Crippen molar-refractivity contribution in [2.24, 2.45) is 5.92 Å². The first-order chi connectivity index (χ1) is 30.5. The summed E-state index contributed by atoms with van der Waals surface area (Å²) in [5, 5.41) is 51.8. The highest BCUT2D eigenvalue weighted by atomic mass is 16.4. The summed E-state index contributed by atoms with van der Waals surface area (Å²) in [7, 11) is 2.70. The molecule has 1 aromatic carbocycles. The van der Waals surface area contributed by atoms with Gasteiger partial charge in [-0.2, -0.15) is 0 Å². The maximum atomic E-state index is 13.9. The van der Waals surface area contributed by atoms with Crippen molar-refractivity contribution in [2.45, 2.75) is 134 Å². The van der Waals surface area contributed by atoms with Gasteiger partial charge in [-0.3, -0.25) is 28.8 Å². The Hall–Kier alpha value is -5.81. The first-order valence-electron chi connectivity index (χ1n) is 22.3. The van der Waals surface area contributed by atoms with Crippen LogP contribution in [0.1, 0.15) is 107 Å². The molecule has 17 heteroatoms. The van der Waals surface area contributed by atoms with E-state index in [4.69, 9.17) is 0 Å². The summed E-state index contributed by atoms with van der Waals surface area (Å²) in [6.45, 7) is 3.56. The minimum absolute atomic E-state index is 0.0276. The van der Waals surface area contributed by atoms with Crippen molar-refractivity contribution >= 4 is 41.4 Å². The normalized spacial score (nSPS) is 22.1. The van der Waals surface area contributed by atoms with Crippen LogP contribution in [0.4, 0.5) is 0 Å². The molecule has 0 spiro atoms. The van der Waals surface area contributed by atoms with Crippen LogP contribution < -0.4 is 21.3 Å². The van der Waals surface area contributed by atoms with Crippen molar-refractivity contribution in [3.8, 4) is 0 Å². The second-order valence-corrected chi connectivity index (χ2v) is 17.0. The average Bonchev–Trinajstić information content (AvgIpc) is 3.26. The number of likely N-dealkylation sites (N-methyl/N-ethyl adjacent to an activating group) is 2. The van der Waals surface area contributed by atoms with Crippen LogP contribution in [-0.4, -0.2) is 135 Å². The van der Waals surface area contributed by atoms with Gasteiger partial charge >= 0.3 is 5.97 Å². The molecule has 8 N–H and O–H groups in total. The number of hydrogen-bond acceptors (Lipinski definition) is 10. The average molecular weight is 891 g/mol. The molecule has 0 radical (unpaired) electrons. The lowest BCUT2D eigenvalue weighted by molar-refractivity contribution is -0.143. The summed E-state index contributed by atoms with van der Waals surface area (Å²) in [6.07, 6.45) is 15.6. The maximum absolute atomic E-state index is 13.9. The second kappa shape index (κ2) is 24.3. The summed E-state index contributed by atoms with van der Waals surface area (Å²) >= 11 is 0. The quantitative estimate of drug-likeness (QED) is 0.0938. The van der Waals surface area contributed by atoms with Crippen molar-refractivity contribution in [1.82, 2.24) is 31.1 Å². The third-order valence-electron chi connectivity index (χ3n) is 12.1. The van der Waals surface area contributed by atoms with Gasteiger partial charge in [0, 0.05) is 37.6 Å². The first-order valence-corrected chi connectivity index (χ1v) is 22.3. The summed E-state index contributed by atoms with van der Waals surface area (Å²) in [5.74, 6) is -6.70. The number of aliphatic hydroxyl groups excluding tert-OH is 3. The van der Waals surface area contributed by atoms with E-state index in [-0.39, 0.29) is 25.0 Å². The number of unbranched alkanes of at least 4 members (excludes halogenated alkanes) is 7. The number of amides is 6. The number of rotatable bonds is 19. The summed E-state index contributed by atoms with van der Waals surface area (Å²) in [5.41, 5.74) is 2.53. The van der Waals surface area contributed by atoms with Crippen LogP contribution in [0.3, 0.4) is 0 Å². The second-order valence-electron chi connectivity index (χ2n) is 17.0. The molecule has 64 heavy (non-hydrogen) atoms. The van der Waals surface area contributed by atoms with Gasteiger partial charge in [0.25, 0.3) is 5.91 Å². The molecule has 0 fully saturated rings. The number of aliphatic carboxylic acids is 1. The smallest absolute Gasteiger partial charge is 0.326 e. The predicted octanol–water partition coefficient (Wildman–Crippen LogP) is 2.73. The van der Waals surface area contributed by atoms with Crippen LogP contribution >= 0.6 is 0 Å². The minimum Gasteiger partial charge on any atom is -0.508 e. The van der Waals surface area contributed by atoms with Crippen LogP contribution in [0.25, 0.3) is 0 Å². The van der Waals surface area contributed by atoms with E-state index in [0.717, 1.165) is 34.6 Å². The highest BCUT2D eigenvalue weighted by molar-refractivity contribution is 5.99. The predicted molar refractivity (Wildman–Crippen MR) is 238 cm³/mol. The molecule has 1 aromatic rings. The third kappa shape index (κ3) is 13.8. The van der Waals surface area contributed by atoms with Crippen LogP contribution in [-0.2, 0) is 35.2 Å². The van der Waals surface area contributed by atoms with Crippen molar-refractivity contribution in [2.75, 3.05) is 27.2 Å². The summed E-state index contributed by atoms with van der Waals surface area (Å²) < 4.78 is 0. The number of nitrogens with one attached hydrogen (secondary N) is 4. The SMILES string of the molecule is CCCCCCCCCCc1ccc(C(=O)N(C)[C@H](CO)C(=O)N[C@H](C)C(=O)NCC(=O)N(C)[C@@H]2C(=O)N[C@@H](C)C(=O)N[C@H](C(=O)O)CC3=CC[C@H](O)C(=C3)C3=C(O)C=C[C@H]2C3)cc1. The van der Waals surface area contributed by atoms with Gasteiger partial charge in [0.05, 0.1) is 19.3 Å². The Morgan fingerprint density at radius 3 is 2.20 bits per heavy atom. The first kappa shape index (κ1) is 50.8. The summed E-state index contributed by atoms with van der Waals surface area (Å²) in [6, 6.07) is 0.641. The van der Waals surface area contributed by atoms with E-state index in [1.165, 1.54) is 78.6 Å². The van der Waals surface area contributed by atoms with E-state index in [9.17, 15) is 54.0 Å². The van der Waals surface area contributed by atoms with Crippen molar-refractivity contribution < 1.29 is 54.0 Å². The van der Waals surface area contributed by atoms with Crippen LogP contribution in [0.2, 0.25) is 0 Å². The molecule has 7 atom stereocenters. The fourth-order valence-corrected chi connectivity index (χ4v) is 8.11. The van der Waals surface area contributed by atoms with Gasteiger partial charge in [0.1, 0.15) is 36.0 Å². The Balaban J connectivity index is 1.37. The molecule has 1 aliphatic heterocycles. The molecule has 2 aliphatic carbocycles. The monoisotopic (exact) mass is 890 g/mol. The molecule has 4 bridgehead atoms. The van der Waals surface area contributed by atoms with E-state index in [1.807, 2.05) is 12.1 Å². The van der Waals surface area contributed by atoms with Crippen molar-refractivity contribution in [1.29, 1.82) is 0 Å². The zero-order valence-electron chi connectivity index (χ0n) is 37.6. The van der Waals surface area contributed by atoms with Crippen molar-refractivity contribution in [3.05, 3.63) is 82.2 Å². The molecule has 1 heterocycles. The number of carboxylic acids is 1. The van der Waals surface area contributed by atoms with Crippen LogP contribution in [0, 0.1) is 5.92 Å². The molecule has 4 rings (SSSR count). The lowest BCUT2D eigenvalue weighted by Crippen LogP contribution is -2.58. The highest BCUT2D eigenvalue weighted by Gasteiger charge is 2.39. The van der Waals surface area contributed by atoms with E-state index in [1.54, 1.807) is 24.3 Å². The molecule has 0 aromatic heterocycles. The molecule has 17 nitrogen and oxygen atoms in total. The number of aryl methyl sites for hydroxylation is 1. The number of allylic oxidation sites excluding steroid dienone is 2. The number of fused-ring (bicyclic) bond motifs is 4. The van der Waals surface area contributed by atoms with E-state index >= 15 is 0 Å². The van der Waals surface area contributed by atoms with E-state index < -0.39 is 96.8 Å². The molecule has 350 valence electrons. The number of aliphatic hydroxyl groups is 3. The van der Waals surface area contributed by atoms with Crippen LogP contribution in [0.5, 0.6) is 0 Å². The van der Waals surface area contributed by atoms with E-state index in [2.05, 4.69) is 28.2 Å². The third-order valence-corrected chi connectivity index (χ3v) is 12.1. The number of carbonyl (C=O) groups is 7. The lowest BCUT2D eigenvalue weighted by Gasteiger charge is -2.36. The molecular weight excluding hydrogens is 825 g/mol. The Kier molecular flexibility index (Phi) is 19.3. The Morgan fingerprint density at radius 1 is 0.906 bits per heavy atom. The number of carboxylic acid groups (broad SMARTS) is 1. The fraction of sp³-hybridized carbons (Fsp3) is 0.553. The highest BCUT2D eigenvalue weighted by Crippen LogP contribution is 2.36. The zero-order chi connectivity index (χ0) is 47.1. The van der Waals surface area contributed by atoms with E-state index in [0.29, 0.717) is 22.3 Å². The standard InChI is InChI=1S/C47H66N6O11/c1-6-7-8-9-10-11-12-13-14-30-15-18-32(19-16-30)46(62)52(4)37(27-54)44(60)49-28(2)42(58)48-26-40(57)53(5)41-33-20-22-39(56)35(25-33)34-23-31(17-21-38(34)55)24-36(47(63)64)51-43(59)29(3)50-45(41)61/h15-20,22-23,28-29,33,36-38,41,54-56H,6-14,21,24-27H2,1-5H3,(H,48,58)(H,49,60)(H,50,61)(H,51,59)(H,63,64)/t28-,29+,33+,36+,37-,38+,41+/m1/s1. The molecule has 0 saturated carbocycles. The Morgan fingerprint density at radius 2 is 1.56 bits per heavy atom. The number of hydrogen-bond donors (Lipinski definition) is 8. The van der Waals surface area contributed by atoms with Gasteiger partial charge in [-0.15, -0.1) is 0 Å². The van der Waals surface area contributed by atoms with Gasteiger partial charge in [0.2, 0.25) is 29.5 Å². The Bertz CT molecular complexity index is 1990. The summed E-state index contributed by atoms with van der Waals surface area (Å²) in [4.78, 5) is 94.9. The van der Waals surface area contributed by atoms with Gasteiger partial charge in [0.15, 0.2) is 0 Å². The van der Waals surface area contributed by atoms with Gasteiger partial charge in [-0.1, -0.05) is 82.2 Å². The minimum atomic E-state index is -1.37. The van der Waals surface area contributed by atoms with Gasteiger partial charge in [-0.25, -0.2) is 4.79 Å². The molecule has 3 aliphatic rings. The topological polar surface area (TPSA) is 255 Å².